The molecule has 0 aliphatic carbocycles. The lowest BCUT2D eigenvalue weighted by atomic mass is 9.95. The topological polar surface area (TPSA) is 603 Å². The number of nitrogens with one attached hydrogen (secondary N) is 7. The highest BCUT2D eigenvalue weighted by Crippen LogP contribution is 2.56. The van der Waals surface area contributed by atoms with Gasteiger partial charge in [0.05, 0.1) is 12.2 Å². The number of aromatic hydroxyl groups is 1. The molecular weight excluding hydrogens is 1890 g/mol. The summed E-state index contributed by atoms with van der Waals surface area (Å²) in [7, 11) is 0. The molecule has 11 saturated heterocycles. The largest absolute Gasteiger partial charge is 0.508 e. The zero-order valence-electron chi connectivity index (χ0n) is 76.2. The second-order valence-corrected chi connectivity index (χ2v) is 45.3. The van der Waals surface area contributed by atoms with Gasteiger partial charge in [0.2, 0.25) is 47.3 Å². The second kappa shape index (κ2) is 39.0. The van der Waals surface area contributed by atoms with Crippen LogP contribution >= 0.6 is 58.8 Å². The average molecular weight is 1990 g/mol. The number of phenolic OH excluding ortho intramolecular Hbond substituents is 1. The molecule has 11 aliphatic heterocycles. The number of ether oxygens (including phenoxy) is 1. The number of phenols is 1. The lowest BCUT2D eigenvalue weighted by molar-refractivity contribution is -0.161. The minimum absolute atomic E-state index is 0.0606. The van der Waals surface area contributed by atoms with Gasteiger partial charge in [-0.2, -0.15) is 0 Å². The number of carbonyl (C=O) groups is 17. The zero-order valence-corrected chi connectivity index (χ0v) is 80.3. The Morgan fingerprint density at radius 2 is 0.790 bits per heavy atom. The molecule has 18 atom stereocenters. The van der Waals surface area contributed by atoms with Crippen molar-refractivity contribution in [1.82, 2.24) is 71.8 Å². The van der Waals surface area contributed by atoms with Crippen LogP contribution in [0, 0.1) is 6.92 Å². The van der Waals surface area contributed by atoms with E-state index in [1.54, 1.807) is 137 Å². The molecule has 12 heterocycles. The molecule has 7 aromatic rings. The van der Waals surface area contributed by atoms with Gasteiger partial charge in [-0.15, -0.1) is 58.8 Å². The monoisotopic (exact) mass is 1990 g/mol. The van der Waals surface area contributed by atoms with Gasteiger partial charge in [-0.3, -0.25) is 47.9 Å². The first kappa shape index (κ1) is 101. The third-order valence-corrected chi connectivity index (χ3v) is 33.0. The number of carboxylic acid groups (broad SMARTS) is 5. The normalized spacial score (nSPS) is 26.6. The van der Waals surface area contributed by atoms with Crippen molar-refractivity contribution in [3.05, 3.63) is 185 Å². The fourth-order valence-corrected chi connectivity index (χ4v) is 26.7. The molecule has 46 heteroatoms. The zero-order chi connectivity index (χ0) is 101. The molecule has 730 valence electrons. The fraction of sp³-hybridized carbons (Fsp3) is 0.413. The van der Waals surface area contributed by atoms with Crippen LogP contribution in [0.1, 0.15) is 137 Å². The number of carboxylic acids is 5. The van der Waals surface area contributed by atoms with E-state index >= 15 is 0 Å². The average Bonchev–Trinajstić information content (AvgIpc) is 1.57. The van der Waals surface area contributed by atoms with Crippen LogP contribution in [-0.2, 0) is 62.3 Å². The standard InChI is InChI=1S/C21H22N2O5S.C20H23N5O6S.C19H19N3O5S.C16H19N3O5S.C16H19N3O4S/c1-4-28-13-10-9-11-7-5-6-8-12(11)14(13)17(24)22-15-18(25)23-16(20(26)27)21(2,3)29-19(15)23;1-20(2)13(17(28)29)25-15(27)12(16(25)32-20)22-14(26)11(10-6-4-3-5-7-10)23-19(31)24-9-8-21-18(24)30;1-9-11(12(21-27-9)10-7-5-4-6-8-10)15(23)20-13-16(24)22-14(18(25)26)19(2,3)28-17(13)22;1-16(2)11(15(23)24)19-13(22)10(14(19)25-16)18-12(21)9(17)7-3-5-8(20)6-4-7;1-16(2)11(15(22)23)19-13(21)10(14(19)24-16)18-12(20)9(17)8-6-4-3-5-7-8/h5-10,15-16,19H,4H2,1-3H3,(H,22,24)(H,26,27);3-7,11-13,16H,8-9H2,1-2H3,(H,21,30)(H,22,26)(H,23,31)(H,28,29);4-8,13-14,17H,1-3H3,(H,20,23)(H,25,26);3-6,9-11,14,20H,17H2,1-2H3,(H,18,21)(H,23,24);3-7,9-11,14H,17H2,1-2H3,(H,18,20)(H,22,23)/t15-,16+,19-;11-,12-,13+,16-;13-,14+,17-;2*9-,10-,11+,14-/m11111/s1. The minimum Gasteiger partial charge on any atom is -0.508 e. The predicted molar refractivity (Wildman–Crippen MR) is 505 cm³/mol. The molecule has 11 fully saturated rings. The third kappa shape index (κ3) is 19.0. The molecule has 0 unspecified atom stereocenters. The van der Waals surface area contributed by atoms with Crippen molar-refractivity contribution in [2.24, 2.45) is 11.5 Å². The third-order valence-electron chi connectivity index (χ3n) is 25.1. The predicted octanol–water partition coefficient (Wildman–Crippen LogP) is 4.82. The Labute approximate surface area is 810 Å². The number of hydrogen-bond acceptors (Lipinski definition) is 28. The minimum atomic E-state index is -1.14. The van der Waals surface area contributed by atoms with Crippen LogP contribution in [0.15, 0.2) is 156 Å². The summed E-state index contributed by atoms with van der Waals surface area (Å²) in [6.07, 6.45) is 0. The number of fused-ring (bicyclic) bond motifs is 6. The molecule has 6 aromatic carbocycles. The van der Waals surface area contributed by atoms with Gasteiger partial charge in [0.15, 0.2) is 0 Å². The van der Waals surface area contributed by atoms with E-state index in [-0.39, 0.29) is 41.0 Å². The molecule has 138 heavy (non-hydrogen) atoms. The number of aromatic nitrogens is 1. The van der Waals surface area contributed by atoms with Gasteiger partial charge < -0.3 is 113 Å². The fourth-order valence-electron chi connectivity index (χ4n) is 18.5. The summed E-state index contributed by atoms with van der Waals surface area (Å²) < 4.78 is 7.60. The van der Waals surface area contributed by atoms with Gasteiger partial charge in [-0.25, -0.2) is 38.5 Å². The summed E-state index contributed by atoms with van der Waals surface area (Å²) in [6.45, 7) is 22.2. The maximum Gasteiger partial charge on any atom is 0.327 e. The number of urea groups is 2. The van der Waals surface area contributed by atoms with E-state index in [0.717, 1.165) is 21.2 Å². The van der Waals surface area contributed by atoms with Crippen LogP contribution in [0.2, 0.25) is 0 Å². The van der Waals surface area contributed by atoms with Crippen molar-refractivity contribution in [2.75, 3.05) is 19.7 Å². The van der Waals surface area contributed by atoms with Crippen molar-refractivity contribution < 1.29 is 121 Å². The van der Waals surface area contributed by atoms with Gasteiger partial charge in [-0.05, 0) is 129 Å². The molecule has 0 spiro atoms. The quantitative estimate of drug-likeness (QED) is 0.0405. The number of aryl methyl sites for hydroxylation is 1. The van der Waals surface area contributed by atoms with Crippen LogP contribution in [0.5, 0.6) is 11.5 Å². The number of aliphatic carboxylic acids is 5. The number of amides is 14. The summed E-state index contributed by atoms with van der Waals surface area (Å²) in [5.41, 5.74) is 15.3. The van der Waals surface area contributed by atoms with E-state index < -0.39 is 207 Å². The van der Waals surface area contributed by atoms with E-state index in [0.29, 0.717) is 52.6 Å². The number of benzene rings is 6. The maximum absolute atomic E-state index is 13.2. The van der Waals surface area contributed by atoms with Crippen LogP contribution in [0.25, 0.3) is 22.0 Å². The van der Waals surface area contributed by atoms with Gasteiger partial charge >= 0.3 is 41.9 Å². The smallest absolute Gasteiger partial charge is 0.327 e. The van der Waals surface area contributed by atoms with E-state index in [1.807, 2.05) is 73.7 Å². The molecule has 41 nitrogen and oxygen atoms in total. The lowest BCUT2D eigenvalue weighted by Crippen LogP contribution is -2.71. The lowest BCUT2D eigenvalue weighted by Gasteiger charge is -2.44. The number of β-lactam (4-membered cyclic amide) rings is 5. The molecule has 0 saturated carbocycles. The highest BCUT2D eigenvalue weighted by Gasteiger charge is 2.69. The van der Waals surface area contributed by atoms with Crippen molar-refractivity contribution in [3.8, 4) is 22.8 Å². The number of carbonyl (C=O) groups excluding carboxylic acids is 12. The summed E-state index contributed by atoms with van der Waals surface area (Å²) in [5, 5.41) is 78.7. The molecule has 17 N–H and O–H groups in total. The summed E-state index contributed by atoms with van der Waals surface area (Å²) in [6, 6.07) is 30.6. The van der Waals surface area contributed by atoms with Crippen LogP contribution in [-0.4, -0.2) is 297 Å². The molecule has 0 radical (unpaired) electrons. The number of rotatable bonds is 22. The van der Waals surface area contributed by atoms with Crippen LogP contribution in [0.4, 0.5) is 9.59 Å². The van der Waals surface area contributed by atoms with Crippen LogP contribution in [0.3, 0.4) is 0 Å². The Bertz CT molecular complexity index is 6080. The molecule has 0 bridgehead atoms. The molecule has 1 aromatic heterocycles. The number of nitrogens with two attached hydrogens (primary N) is 2. The Morgan fingerprint density at radius 3 is 1.16 bits per heavy atom. The highest BCUT2D eigenvalue weighted by molar-refractivity contribution is 8.02. The van der Waals surface area contributed by atoms with E-state index in [4.69, 9.17) is 20.7 Å². The Hall–Kier alpha value is -13.2. The Morgan fingerprint density at radius 1 is 0.449 bits per heavy atom. The van der Waals surface area contributed by atoms with Crippen LogP contribution < -0.4 is 53.4 Å². The van der Waals surface area contributed by atoms with Crippen molar-refractivity contribution in [1.29, 1.82) is 0 Å². The highest BCUT2D eigenvalue weighted by atomic mass is 32.2. The molecule has 14 amide bonds. The number of imide groups is 1. The molecule has 18 rings (SSSR count). The Kier molecular flexibility index (Phi) is 28.5. The molecular formula is C92H102N16O25S5. The second-order valence-electron chi connectivity index (χ2n) is 36.4. The first-order valence-corrected chi connectivity index (χ1v) is 48.0. The summed E-state index contributed by atoms with van der Waals surface area (Å²) in [5.74, 6) is -8.89. The molecule has 11 aliphatic rings. The Balaban J connectivity index is 0.000000138. The van der Waals surface area contributed by atoms with E-state index in [2.05, 4.69) is 42.4 Å². The number of nitrogens with zero attached hydrogens (tertiary/aromatic N) is 7. The number of thioether (sulfide) groups is 5. The first-order chi connectivity index (χ1) is 65.0. The number of hydrogen-bond donors (Lipinski definition) is 15. The van der Waals surface area contributed by atoms with Gasteiger partial charge in [0, 0.05) is 42.4 Å². The van der Waals surface area contributed by atoms with E-state index in [1.165, 1.54) is 108 Å². The van der Waals surface area contributed by atoms with Gasteiger partial charge in [0.25, 0.3) is 11.8 Å². The van der Waals surface area contributed by atoms with Gasteiger partial charge in [-0.1, -0.05) is 139 Å². The van der Waals surface area contributed by atoms with E-state index in [9.17, 15) is 112 Å². The summed E-state index contributed by atoms with van der Waals surface area (Å²) in [4.78, 5) is 216. The first-order valence-electron chi connectivity index (χ1n) is 43.6. The van der Waals surface area contributed by atoms with Gasteiger partial charge in [0.1, 0.15) is 134 Å². The van der Waals surface area contributed by atoms with Crippen molar-refractivity contribution in [2.45, 2.75) is 212 Å². The SMILES string of the molecule is CC1(C)S[C@@H]2[C@H](NC(=O)[C@H](N)c3ccc(O)cc3)C(=O)N2[C@H]1C(=O)O.CC1(C)S[C@@H]2[C@H](NC(=O)[C@H](N)c3ccccc3)C(=O)N2[C@H]1C(=O)O.CC1(C)S[C@@H]2[C@H](NC(=O)[C@H](NC(=O)N3CCNC3=O)c3ccccc3)C(=O)N2[C@H]1C(=O)O.CCOc1ccc2ccccc2c1C(=O)N[C@@H]1C(=O)N2[C@@H]1SC(C)(C)[C@@H]2C(=O)O.Cc1onc(-c2ccccc2)c1C(=O)N[C@@H]1C(=O)N2[C@@H]1SC(C)(C)[C@@H]2C(=O)O. The summed E-state index contributed by atoms with van der Waals surface area (Å²) >= 11 is 6.83. The van der Waals surface area contributed by atoms with Crippen molar-refractivity contribution >= 4 is 171 Å². The maximum atomic E-state index is 13.2. The van der Waals surface area contributed by atoms with Crippen molar-refractivity contribution in [3.63, 3.8) is 0 Å².